The van der Waals surface area contributed by atoms with E-state index in [9.17, 15) is 4.39 Å². The first-order valence-electron chi connectivity index (χ1n) is 6.03. The zero-order valence-corrected chi connectivity index (χ0v) is 12.7. The second-order valence-electron chi connectivity index (χ2n) is 4.26. The number of alkyl halides is 1. The highest BCUT2D eigenvalue weighted by molar-refractivity contribution is 9.10. The highest BCUT2D eigenvalue weighted by Crippen LogP contribution is 2.26. The van der Waals surface area contributed by atoms with Gasteiger partial charge < -0.3 is 0 Å². The number of pyridine rings is 1. The van der Waals surface area contributed by atoms with Gasteiger partial charge in [-0.1, -0.05) is 15.9 Å². The van der Waals surface area contributed by atoms with E-state index >= 15 is 0 Å². The average Bonchev–Trinajstić information content (AvgIpc) is 2.80. The SMILES string of the molecule is Fc1ccc(Br)cc1-n1c(CCCl)nc2cnccc21. The van der Waals surface area contributed by atoms with Crippen molar-refractivity contribution < 1.29 is 4.39 Å². The molecule has 2 heterocycles. The van der Waals surface area contributed by atoms with Crippen LogP contribution in [0.4, 0.5) is 4.39 Å². The fraction of sp³-hybridized carbons (Fsp3) is 0.143. The minimum absolute atomic E-state index is 0.305. The summed E-state index contributed by atoms with van der Waals surface area (Å²) >= 11 is 9.19. The Kier molecular flexibility index (Phi) is 3.72. The molecule has 0 amide bonds. The smallest absolute Gasteiger partial charge is 0.147 e. The molecular weight excluding hydrogens is 345 g/mol. The highest BCUT2D eigenvalue weighted by atomic mass is 79.9. The Morgan fingerprint density at radius 1 is 1.30 bits per heavy atom. The van der Waals surface area contributed by atoms with Crippen LogP contribution in [0.1, 0.15) is 5.82 Å². The van der Waals surface area contributed by atoms with Crippen molar-refractivity contribution in [2.75, 3.05) is 5.88 Å². The summed E-state index contributed by atoms with van der Waals surface area (Å²) in [6.45, 7) is 0. The van der Waals surface area contributed by atoms with Gasteiger partial charge >= 0.3 is 0 Å². The summed E-state index contributed by atoms with van der Waals surface area (Å²) in [5, 5.41) is 0. The van der Waals surface area contributed by atoms with Gasteiger partial charge in [0, 0.05) is 23.0 Å². The fourth-order valence-electron chi connectivity index (χ4n) is 2.16. The molecule has 3 nitrogen and oxygen atoms in total. The van der Waals surface area contributed by atoms with Gasteiger partial charge in [-0.15, -0.1) is 11.6 Å². The van der Waals surface area contributed by atoms with E-state index in [1.807, 2.05) is 6.07 Å². The van der Waals surface area contributed by atoms with E-state index in [1.54, 1.807) is 29.1 Å². The Balaban J connectivity index is 2.33. The molecule has 0 saturated carbocycles. The summed E-state index contributed by atoms with van der Waals surface area (Å²) < 4.78 is 16.8. The number of imidazole rings is 1. The van der Waals surface area contributed by atoms with Gasteiger partial charge in [-0.3, -0.25) is 9.55 Å². The van der Waals surface area contributed by atoms with Crippen LogP contribution >= 0.6 is 27.5 Å². The largest absolute Gasteiger partial charge is 0.293 e. The van der Waals surface area contributed by atoms with Crippen molar-refractivity contribution in [2.45, 2.75) is 6.42 Å². The van der Waals surface area contributed by atoms with Crippen LogP contribution in [-0.2, 0) is 6.42 Å². The van der Waals surface area contributed by atoms with Crippen LogP contribution in [0.15, 0.2) is 41.1 Å². The van der Waals surface area contributed by atoms with Crippen LogP contribution in [0.3, 0.4) is 0 Å². The molecule has 0 aliphatic carbocycles. The minimum Gasteiger partial charge on any atom is -0.293 e. The predicted octanol–water partition coefficient (Wildman–Crippen LogP) is 4.10. The summed E-state index contributed by atoms with van der Waals surface area (Å²) in [5.41, 5.74) is 2.00. The van der Waals surface area contributed by atoms with Gasteiger partial charge in [0.2, 0.25) is 0 Å². The van der Waals surface area contributed by atoms with E-state index in [0.717, 1.165) is 21.3 Å². The van der Waals surface area contributed by atoms with Crippen LogP contribution in [0.25, 0.3) is 16.7 Å². The standard InChI is InChI=1S/C14H10BrClFN3/c15-9-1-2-10(17)13(7-9)20-12-4-6-18-8-11(12)19-14(20)3-5-16/h1-2,4,6-8H,3,5H2. The molecule has 102 valence electrons. The molecule has 0 bridgehead atoms. The van der Waals surface area contributed by atoms with E-state index in [-0.39, 0.29) is 5.82 Å². The Morgan fingerprint density at radius 2 is 2.15 bits per heavy atom. The number of benzene rings is 1. The van der Waals surface area contributed by atoms with Crippen LogP contribution in [0, 0.1) is 5.82 Å². The molecule has 3 aromatic rings. The molecule has 0 fully saturated rings. The lowest BCUT2D eigenvalue weighted by molar-refractivity contribution is 0.616. The van der Waals surface area contributed by atoms with E-state index < -0.39 is 0 Å². The first-order chi connectivity index (χ1) is 9.70. The lowest BCUT2D eigenvalue weighted by Gasteiger charge is -2.10. The third kappa shape index (κ3) is 2.31. The first-order valence-corrected chi connectivity index (χ1v) is 7.36. The van der Waals surface area contributed by atoms with Gasteiger partial charge in [-0.05, 0) is 24.3 Å². The predicted molar refractivity (Wildman–Crippen MR) is 80.9 cm³/mol. The second kappa shape index (κ2) is 5.50. The van der Waals surface area contributed by atoms with Crippen LogP contribution in [0.2, 0.25) is 0 Å². The lowest BCUT2D eigenvalue weighted by Crippen LogP contribution is -2.04. The quantitative estimate of drug-likeness (QED) is 0.663. The maximum absolute atomic E-state index is 14.2. The molecule has 0 radical (unpaired) electrons. The van der Waals surface area contributed by atoms with Crippen molar-refractivity contribution in [2.24, 2.45) is 0 Å². The lowest BCUT2D eigenvalue weighted by atomic mass is 10.2. The van der Waals surface area contributed by atoms with Crippen LogP contribution in [-0.4, -0.2) is 20.4 Å². The normalized spacial score (nSPS) is 11.2. The number of hydrogen-bond donors (Lipinski definition) is 0. The number of aryl methyl sites for hydroxylation is 1. The zero-order chi connectivity index (χ0) is 14.1. The molecular formula is C14H10BrClFN3. The first kappa shape index (κ1) is 13.5. The van der Waals surface area contributed by atoms with E-state index in [2.05, 4.69) is 25.9 Å². The van der Waals surface area contributed by atoms with Gasteiger partial charge in [-0.2, -0.15) is 0 Å². The molecule has 0 saturated heterocycles. The Hall–Kier alpha value is -1.46. The van der Waals surface area contributed by atoms with Gasteiger partial charge in [-0.25, -0.2) is 9.37 Å². The fourth-order valence-corrected chi connectivity index (χ4v) is 2.68. The van der Waals surface area contributed by atoms with Gasteiger partial charge in [0.15, 0.2) is 0 Å². The molecule has 0 spiro atoms. The molecule has 0 N–H and O–H groups in total. The Morgan fingerprint density at radius 3 is 2.95 bits per heavy atom. The van der Waals surface area contributed by atoms with Gasteiger partial charge in [0.05, 0.1) is 17.4 Å². The molecule has 3 rings (SSSR count). The van der Waals surface area contributed by atoms with E-state index in [1.165, 1.54) is 6.07 Å². The van der Waals surface area contributed by atoms with E-state index in [0.29, 0.717) is 18.0 Å². The van der Waals surface area contributed by atoms with Crippen molar-refractivity contribution in [1.29, 1.82) is 0 Å². The molecule has 1 aromatic carbocycles. The second-order valence-corrected chi connectivity index (χ2v) is 5.56. The number of halogens is 3. The van der Waals surface area contributed by atoms with Crippen LogP contribution in [0.5, 0.6) is 0 Å². The topological polar surface area (TPSA) is 30.7 Å². The number of nitrogens with zero attached hydrogens (tertiary/aromatic N) is 3. The van der Waals surface area contributed by atoms with E-state index in [4.69, 9.17) is 11.6 Å². The molecule has 0 atom stereocenters. The molecule has 0 unspecified atom stereocenters. The van der Waals surface area contributed by atoms with Crippen molar-refractivity contribution >= 4 is 38.6 Å². The monoisotopic (exact) mass is 353 g/mol. The summed E-state index contributed by atoms with van der Waals surface area (Å²) in [6.07, 6.45) is 3.89. The number of aromatic nitrogens is 3. The summed E-state index contributed by atoms with van der Waals surface area (Å²) in [4.78, 5) is 8.53. The molecule has 0 aliphatic rings. The molecule has 2 aromatic heterocycles. The van der Waals surface area contributed by atoms with Gasteiger partial charge in [0.25, 0.3) is 0 Å². The Labute approximate surface area is 128 Å². The minimum atomic E-state index is -0.305. The zero-order valence-electron chi connectivity index (χ0n) is 10.4. The highest BCUT2D eigenvalue weighted by Gasteiger charge is 2.15. The molecule has 0 aliphatic heterocycles. The summed E-state index contributed by atoms with van der Waals surface area (Å²) in [5.74, 6) is 0.840. The average molecular weight is 355 g/mol. The van der Waals surface area contributed by atoms with Crippen LogP contribution < -0.4 is 0 Å². The van der Waals surface area contributed by atoms with Crippen molar-refractivity contribution in [1.82, 2.24) is 14.5 Å². The third-order valence-corrected chi connectivity index (χ3v) is 3.68. The summed E-state index contributed by atoms with van der Waals surface area (Å²) in [7, 11) is 0. The van der Waals surface area contributed by atoms with Crippen molar-refractivity contribution in [3.8, 4) is 5.69 Å². The van der Waals surface area contributed by atoms with Gasteiger partial charge in [0.1, 0.15) is 17.2 Å². The van der Waals surface area contributed by atoms with Crippen molar-refractivity contribution in [3.63, 3.8) is 0 Å². The third-order valence-electron chi connectivity index (χ3n) is 2.99. The van der Waals surface area contributed by atoms with Crippen molar-refractivity contribution in [3.05, 3.63) is 52.8 Å². The molecule has 6 heteroatoms. The molecule has 20 heavy (non-hydrogen) atoms. The maximum atomic E-state index is 14.2. The number of rotatable bonds is 3. The number of fused-ring (bicyclic) bond motifs is 1. The maximum Gasteiger partial charge on any atom is 0.147 e. The summed E-state index contributed by atoms with van der Waals surface area (Å²) in [6, 6.07) is 6.65. The number of hydrogen-bond acceptors (Lipinski definition) is 2. The Bertz CT molecular complexity index is 772.